The molecule has 0 bridgehead atoms. The summed E-state index contributed by atoms with van der Waals surface area (Å²) in [6.45, 7) is 0.925. The van der Waals surface area contributed by atoms with Crippen LogP contribution in [0.25, 0.3) is 0 Å². The van der Waals surface area contributed by atoms with Gasteiger partial charge in [0.05, 0.1) is 11.5 Å². The number of aromatic nitrogens is 2. The second-order valence-electron chi connectivity index (χ2n) is 4.21. The Labute approximate surface area is 112 Å². The Balaban J connectivity index is 2.97. The van der Waals surface area contributed by atoms with Gasteiger partial charge in [0.2, 0.25) is 5.82 Å². The Morgan fingerprint density at radius 3 is 2.60 bits per heavy atom. The first-order valence-electron chi connectivity index (χ1n) is 5.87. The number of hydrogen-bond donors (Lipinski definition) is 2. The van der Waals surface area contributed by atoms with Crippen molar-refractivity contribution >= 4 is 11.5 Å². The number of aryl methyl sites for hydroxylation is 2. The number of aliphatic hydroxyl groups is 1. The molecule has 0 radical (unpaired) electrons. The number of nitrogens with one attached hydrogen (secondary N) is 1. The maximum Gasteiger partial charge on any atom is 0.416 e. The minimum absolute atomic E-state index is 0.151. The van der Waals surface area contributed by atoms with Crippen LogP contribution in [0.5, 0.6) is 0 Å². The molecule has 10 heteroatoms. The van der Waals surface area contributed by atoms with Gasteiger partial charge >= 0.3 is 11.9 Å². The lowest BCUT2D eigenvalue weighted by atomic mass is 10.2. The minimum Gasteiger partial charge on any atom is -0.382 e. The number of nitrogens with zero attached hydrogens (tertiary/aromatic N) is 3. The number of alkyl halides is 3. The van der Waals surface area contributed by atoms with E-state index in [1.54, 1.807) is 6.92 Å². The molecule has 20 heavy (non-hydrogen) atoms. The maximum atomic E-state index is 12.2. The van der Waals surface area contributed by atoms with E-state index in [-0.39, 0.29) is 17.2 Å². The zero-order valence-electron chi connectivity index (χ0n) is 10.9. The Kier molecular flexibility index (Phi) is 4.93. The summed E-state index contributed by atoms with van der Waals surface area (Å²) >= 11 is 0. The molecule has 114 valence electrons. The molecule has 1 aromatic rings. The molecule has 1 heterocycles. The van der Waals surface area contributed by atoms with Crippen LogP contribution in [-0.2, 0) is 13.5 Å². The zero-order chi connectivity index (χ0) is 15.5. The SMILES string of the molecule is CCCc1nn(C)c(NCC(O)C(F)(F)F)c1[N+](=O)[O-]. The van der Waals surface area contributed by atoms with Crippen molar-refractivity contribution in [2.24, 2.45) is 7.05 Å². The lowest BCUT2D eigenvalue weighted by molar-refractivity contribution is -0.384. The topological polar surface area (TPSA) is 93.2 Å². The summed E-state index contributed by atoms with van der Waals surface area (Å²) in [7, 11) is 1.38. The number of aliphatic hydroxyl groups excluding tert-OH is 1. The molecule has 0 aliphatic carbocycles. The zero-order valence-corrected chi connectivity index (χ0v) is 10.9. The first kappa shape index (κ1) is 16.2. The van der Waals surface area contributed by atoms with Crippen LogP contribution >= 0.6 is 0 Å². The third kappa shape index (κ3) is 3.59. The van der Waals surface area contributed by atoms with Gasteiger partial charge in [-0.15, -0.1) is 0 Å². The van der Waals surface area contributed by atoms with Gasteiger partial charge in [-0.2, -0.15) is 18.3 Å². The second-order valence-corrected chi connectivity index (χ2v) is 4.21. The molecule has 0 amide bonds. The summed E-state index contributed by atoms with van der Waals surface area (Å²) in [4.78, 5) is 10.3. The van der Waals surface area contributed by atoms with Crippen molar-refractivity contribution in [1.82, 2.24) is 9.78 Å². The van der Waals surface area contributed by atoms with Gasteiger partial charge in [-0.25, -0.2) is 4.68 Å². The predicted molar refractivity (Wildman–Crippen MR) is 64.4 cm³/mol. The lowest BCUT2D eigenvalue weighted by Gasteiger charge is -2.15. The van der Waals surface area contributed by atoms with Crippen LogP contribution in [0.4, 0.5) is 24.7 Å². The summed E-state index contributed by atoms with van der Waals surface area (Å²) < 4.78 is 37.7. The Morgan fingerprint density at radius 2 is 2.15 bits per heavy atom. The van der Waals surface area contributed by atoms with Crippen LogP contribution in [0.15, 0.2) is 0 Å². The fourth-order valence-corrected chi connectivity index (χ4v) is 1.67. The Morgan fingerprint density at radius 1 is 1.55 bits per heavy atom. The average molecular weight is 296 g/mol. The van der Waals surface area contributed by atoms with Gasteiger partial charge in [0, 0.05) is 7.05 Å². The van der Waals surface area contributed by atoms with E-state index in [0.717, 1.165) is 4.68 Å². The van der Waals surface area contributed by atoms with Crippen LogP contribution in [0.3, 0.4) is 0 Å². The number of nitro groups is 1. The van der Waals surface area contributed by atoms with E-state index in [1.807, 2.05) is 0 Å². The fraction of sp³-hybridized carbons (Fsp3) is 0.700. The molecule has 2 N–H and O–H groups in total. The molecule has 1 aromatic heterocycles. The molecule has 0 fully saturated rings. The summed E-state index contributed by atoms with van der Waals surface area (Å²) in [6, 6.07) is 0. The molecule has 0 aliphatic heterocycles. The van der Waals surface area contributed by atoms with E-state index in [1.165, 1.54) is 7.05 Å². The van der Waals surface area contributed by atoms with E-state index in [4.69, 9.17) is 5.11 Å². The molecule has 0 spiro atoms. The molecule has 0 saturated carbocycles. The highest BCUT2D eigenvalue weighted by atomic mass is 19.4. The molecule has 0 aromatic carbocycles. The summed E-state index contributed by atoms with van der Waals surface area (Å²) in [5.74, 6) is -0.151. The lowest BCUT2D eigenvalue weighted by Crippen LogP contribution is -2.35. The molecule has 1 rings (SSSR count). The van der Waals surface area contributed by atoms with Crippen LogP contribution < -0.4 is 5.32 Å². The Hall–Kier alpha value is -1.84. The van der Waals surface area contributed by atoms with Crippen LogP contribution in [0, 0.1) is 10.1 Å². The van der Waals surface area contributed by atoms with Crippen molar-refractivity contribution in [1.29, 1.82) is 0 Å². The monoisotopic (exact) mass is 296 g/mol. The smallest absolute Gasteiger partial charge is 0.382 e. The van der Waals surface area contributed by atoms with E-state index < -0.39 is 23.7 Å². The van der Waals surface area contributed by atoms with Crippen molar-refractivity contribution in [3.8, 4) is 0 Å². The van der Waals surface area contributed by atoms with Gasteiger partial charge in [0.1, 0.15) is 5.69 Å². The van der Waals surface area contributed by atoms with Gasteiger partial charge in [-0.1, -0.05) is 13.3 Å². The maximum absolute atomic E-state index is 12.2. The van der Waals surface area contributed by atoms with Gasteiger partial charge in [0.25, 0.3) is 0 Å². The normalized spacial score (nSPS) is 13.3. The quantitative estimate of drug-likeness (QED) is 0.614. The first-order chi connectivity index (χ1) is 9.18. The number of hydrogen-bond acceptors (Lipinski definition) is 5. The van der Waals surface area contributed by atoms with E-state index in [2.05, 4.69) is 10.4 Å². The summed E-state index contributed by atoms with van der Waals surface area (Å²) in [5, 5.41) is 26.0. The van der Waals surface area contributed by atoms with Gasteiger partial charge in [-0.3, -0.25) is 10.1 Å². The molecule has 7 nitrogen and oxygen atoms in total. The standard InChI is InChI=1S/C10H15F3N4O3/c1-3-4-6-8(17(19)20)9(16(2)15-6)14-5-7(18)10(11,12)13/h7,14,18H,3-5H2,1-2H3. The van der Waals surface area contributed by atoms with Crippen LogP contribution in [0.1, 0.15) is 19.0 Å². The van der Waals surface area contributed by atoms with Crippen molar-refractivity contribution in [3.63, 3.8) is 0 Å². The molecular formula is C10H15F3N4O3. The Bertz CT molecular complexity index is 487. The van der Waals surface area contributed by atoms with Crippen molar-refractivity contribution in [3.05, 3.63) is 15.8 Å². The highest BCUT2D eigenvalue weighted by Gasteiger charge is 2.38. The largest absolute Gasteiger partial charge is 0.416 e. The van der Waals surface area contributed by atoms with Crippen molar-refractivity contribution in [2.75, 3.05) is 11.9 Å². The highest BCUT2D eigenvalue weighted by Crippen LogP contribution is 2.29. The van der Waals surface area contributed by atoms with Crippen LogP contribution in [-0.4, -0.2) is 38.6 Å². The van der Waals surface area contributed by atoms with E-state index in [9.17, 15) is 23.3 Å². The first-order valence-corrected chi connectivity index (χ1v) is 5.87. The summed E-state index contributed by atoms with van der Waals surface area (Å²) in [6.07, 6.45) is -6.44. The molecule has 1 unspecified atom stereocenters. The number of halogens is 3. The second kappa shape index (κ2) is 6.07. The predicted octanol–water partition coefficient (Wildman–Crippen LogP) is 1.62. The van der Waals surface area contributed by atoms with Crippen LogP contribution in [0.2, 0.25) is 0 Å². The van der Waals surface area contributed by atoms with E-state index in [0.29, 0.717) is 12.8 Å². The van der Waals surface area contributed by atoms with Gasteiger partial charge in [-0.05, 0) is 6.42 Å². The number of rotatable bonds is 6. The third-order valence-corrected chi connectivity index (χ3v) is 2.60. The minimum atomic E-state index is -4.79. The third-order valence-electron chi connectivity index (χ3n) is 2.60. The number of anilines is 1. The summed E-state index contributed by atoms with van der Waals surface area (Å²) in [5.41, 5.74) is -0.160. The fourth-order valence-electron chi connectivity index (χ4n) is 1.67. The van der Waals surface area contributed by atoms with Gasteiger partial charge < -0.3 is 10.4 Å². The average Bonchev–Trinajstić information content (AvgIpc) is 2.61. The molecule has 1 atom stereocenters. The molecule has 0 saturated heterocycles. The molecular weight excluding hydrogens is 281 g/mol. The molecule has 0 aliphatic rings. The van der Waals surface area contributed by atoms with Crippen molar-refractivity contribution in [2.45, 2.75) is 32.0 Å². The highest BCUT2D eigenvalue weighted by molar-refractivity contribution is 5.59. The van der Waals surface area contributed by atoms with Gasteiger partial charge in [0.15, 0.2) is 6.10 Å². The van der Waals surface area contributed by atoms with E-state index >= 15 is 0 Å². The van der Waals surface area contributed by atoms with Crippen molar-refractivity contribution < 1.29 is 23.2 Å².